The molecule has 0 aliphatic heterocycles. The van der Waals surface area contributed by atoms with Gasteiger partial charge in [-0.05, 0) is 43.3 Å². The van der Waals surface area contributed by atoms with Crippen molar-refractivity contribution in [3.8, 4) is 5.69 Å². The number of nitrogens with one attached hydrogen (secondary N) is 2. The molecular formula is C22H25N5O2. The van der Waals surface area contributed by atoms with Crippen molar-refractivity contribution in [3.63, 3.8) is 0 Å². The Morgan fingerprint density at radius 3 is 2.48 bits per heavy atom. The highest BCUT2D eigenvalue weighted by atomic mass is 16.2. The fourth-order valence-corrected chi connectivity index (χ4v) is 2.74. The zero-order chi connectivity index (χ0) is 20.8. The quantitative estimate of drug-likeness (QED) is 0.648. The van der Waals surface area contributed by atoms with Crippen LogP contribution in [-0.2, 0) is 11.3 Å². The van der Waals surface area contributed by atoms with Crippen LogP contribution in [0.3, 0.4) is 0 Å². The molecule has 3 aromatic rings. The van der Waals surface area contributed by atoms with Crippen LogP contribution in [0.15, 0.2) is 61.1 Å². The Balaban J connectivity index is 1.61. The van der Waals surface area contributed by atoms with Crippen molar-refractivity contribution in [2.75, 3.05) is 0 Å². The highest BCUT2D eigenvalue weighted by Gasteiger charge is 2.12. The average molecular weight is 391 g/mol. The Morgan fingerprint density at radius 1 is 1.07 bits per heavy atom. The lowest BCUT2D eigenvalue weighted by Crippen LogP contribution is -2.27. The predicted octanol–water partition coefficient (Wildman–Crippen LogP) is 3.03. The Labute approximate surface area is 170 Å². The van der Waals surface area contributed by atoms with Gasteiger partial charge in [0.15, 0.2) is 0 Å². The van der Waals surface area contributed by atoms with E-state index in [1.165, 1.54) is 0 Å². The summed E-state index contributed by atoms with van der Waals surface area (Å²) in [6, 6.07) is 12.6. The van der Waals surface area contributed by atoms with Gasteiger partial charge in [-0.25, -0.2) is 4.68 Å². The number of pyridine rings is 1. The number of hydrogen-bond donors (Lipinski definition) is 2. The normalized spacial score (nSPS) is 11.9. The van der Waals surface area contributed by atoms with E-state index < -0.39 is 0 Å². The smallest absolute Gasteiger partial charge is 0.251 e. The maximum absolute atomic E-state index is 12.5. The maximum Gasteiger partial charge on any atom is 0.251 e. The lowest BCUT2D eigenvalue weighted by molar-refractivity contribution is -0.124. The first-order chi connectivity index (χ1) is 13.9. The zero-order valence-corrected chi connectivity index (χ0v) is 16.8. The molecule has 2 aromatic heterocycles. The minimum absolute atomic E-state index is 0.00745. The monoisotopic (exact) mass is 391 g/mol. The summed E-state index contributed by atoms with van der Waals surface area (Å²) in [4.78, 5) is 28.4. The first-order valence-corrected chi connectivity index (χ1v) is 9.57. The molecule has 0 radical (unpaired) electrons. The van der Waals surface area contributed by atoms with Gasteiger partial charge in [-0.3, -0.25) is 14.6 Å². The van der Waals surface area contributed by atoms with Crippen molar-refractivity contribution in [2.45, 2.75) is 33.4 Å². The van der Waals surface area contributed by atoms with Gasteiger partial charge in [0.2, 0.25) is 5.91 Å². The van der Waals surface area contributed by atoms with Gasteiger partial charge in [-0.2, -0.15) is 5.10 Å². The molecule has 29 heavy (non-hydrogen) atoms. The highest BCUT2D eigenvalue weighted by Crippen LogP contribution is 2.13. The van der Waals surface area contributed by atoms with E-state index in [1.54, 1.807) is 29.2 Å². The topological polar surface area (TPSA) is 88.9 Å². The number of aromatic nitrogens is 3. The van der Waals surface area contributed by atoms with Crippen LogP contribution in [0.5, 0.6) is 0 Å². The molecule has 7 heteroatoms. The minimum atomic E-state index is -0.182. The summed E-state index contributed by atoms with van der Waals surface area (Å²) in [5.41, 5.74) is 3.12. The van der Waals surface area contributed by atoms with Crippen molar-refractivity contribution in [1.29, 1.82) is 0 Å². The maximum atomic E-state index is 12.5. The van der Waals surface area contributed by atoms with Crippen LogP contribution >= 0.6 is 0 Å². The van der Waals surface area contributed by atoms with Crippen LogP contribution in [0.25, 0.3) is 5.69 Å². The van der Waals surface area contributed by atoms with Gasteiger partial charge in [0.05, 0.1) is 23.6 Å². The second-order valence-electron chi connectivity index (χ2n) is 7.16. The lowest BCUT2D eigenvalue weighted by atomic mass is 10.1. The molecule has 0 bridgehead atoms. The zero-order valence-electron chi connectivity index (χ0n) is 16.8. The molecule has 2 amide bonds. The minimum Gasteiger partial charge on any atom is -0.352 e. The van der Waals surface area contributed by atoms with Crippen molar-refractivity contribution in [1.82, 2.24) is 25.4 Å². The van der Waals surface area contributed by atoms with Gasteiger partial charge >= 0.3 is 0 Å². The van der Waals surface area contributed by atoms with E-state index in [4.69, 9.17) is 0 Å². The molecule has 0 aliphatic rings. The number of nitrogens with zero attached hydrogens (tertiary/aromatic N) is 3. The molecule has 0 saturated carbocycles. The number of hydrogen-bond acceptors (Lipinski definition) is 4. The van der Waals surface area contributed by atoms with Gasteiger partial charge in [0.1, 0.15) is 0 Å². The predicted molar refractivity (Wildman–Crippen MR) is 110 cm³/mol. The summed E-state index contributed by atoms with van der Waals surface area (Å²) in [7, 11) is 0. The highest BCUT2D eigenvalue weighted by molar-refractivity contribution is 5.94. The molecule has 150 valence electrons. The van der Waals surface area contributed by atoms with Crippen molar-refractivity contribution >= 4 is 11.8 Å². The molecule has 0 aliphatic carbocycles. The van der Waals surface area contributed by atoms with Crippen molar-refractivity contribution < 1.29 is 9.59 Å². The van der Waals surface area contributed by atoms with E-state index in [-0.39, 0.29) is 23.8 Å². The van der Waals surface area contributed by atoms with E-state index in [2.05, 4.69) is 20.7 Å². The Morgan fingerprint density at radius 2 is 1.83 bits per heavy atom. The van der Waals surface area contributed by atoms with Crippen LogP contribution in [0.1, 0.15) is 48.4 Å². The van der Waals surface area contributed by atoms with Gasteiger partial charge in [-0.15, -0.1) is 0 Å². The second-order valence-corrected chi connectivity index (χ2v) is 7.16. The number of carbonyl (C=O) groups is 2. The fourth-order valence-electron chi connectivity index (χ4n) is 2.74. The SMILES string of the molecule is CC(C)C(=O)NCc1cnn(-c2ccc(C(=O)N[C@H](C)c3ccccn3)cc2)c1. The molecule has 2 heterocycles. The van der Waals surface area contributed by atoms with Gasteiger partial charge in [-0.1, -0.05) is 19.9 Å². The largest absolute Gasteiger partial charge is 0.352 e. The Bertz CT molecular complexity index is 964. The fraction of sp³-hybridized carbons (Fsp3) is 0.273. The Kier molecular flexibility index (Phi) is 6.39. The molecule has 1 atom stereocenters. The lowest BCUT2D eigenvalue weighted by Gasteiger charge is -2.13. The van der Waals surface area contributed by atoms with Crippen LogP contribution < -0.4 is 10.6 Å². The van der Waals surface area contributed by atoms with Gasteiger partial charge in [0.25, 0.3) is 5.91 Å². The summed E-state index contributed by atoms with van der Waals surface area (Å²) in [6.45, 7) is 6.04. The third-order valence-electron chi connectivity index (χ3n) is 4.50. The number of rotatable bonds is 7. The molecule has 1 aromatic carbocycles. The standard InChI is InChI=1S/C22H25N5O2/c1-15(2)21(28)24-12-17-13-25-27(14-17)19-9-7-18(8-10-19)22(29)26-16(3)20-6-4-5-11-23-20/h4-11,13-16H,12H2,1-3H3,(H,24,28)(H,26,29)/t16-/m1/s1. The molecule has 3 rings (SSSR count). The van der Waals surface area contributed by atoms with E-state index >= 15 is 0 Å². The summed E-state index contributed by atoms with van der Waals surface area (Å²) in [6.07, 6.45) is 5.29. The molecule has 2 N–H and O–H groups in total. The first-order valence-electron chi connectivity index (χ1n) is 9.57. The van der Waals surface area contributed by atoms with Crippen LogP contribution in [-0.4, -0.2) is 26.6 Å². The summed E-state index contributed by atoms with van der Waals surface area (Å²) in [5.74, 6) is -0.204. The molecule has 0 fully saturated rings. The van der Waals surface area contributed by atoms with E-state index in [0.29, 0.717) is 12.1 Å². The first kappa shape index (κ1) is 20.3. The van der Waals surface area contributed by atoms with Crippen LogP contribution in [0.2, 0.25) is 0 Å². The van der Waals surface area contributed by atoms with Gasteiger partial charge in [0, 0.05) is 36.0 Å². The van der Waals surface area contributed by atoms with E-state index in [0.717, 1.165) is 16.9 Å². The summed E-state index contributed by atoms with van der Waals surface area (Å²) < 4.78 is 1.72. The Hall–Kier alpha value is -3.48. The molecule has 7 nitrogen and oxygen atoms in total. The molecular weight excluding hydrogens is 366 g/mol. The van der Waals surface area contributed by atoms with Crippen molar-refractivity contribution in [3.05, 3.63) is 77.9 Å². The van der Waals surface area contributed by atoms with E-state index in [1.807, 2.05) is 57.3 Å². The average Bonchev–Trinajstić information content (AvgIpc) is 3.21. The molecule has 0 unspecified atom stereocenters. The third-order valence-corrected chi connectivity index (χ3v) is 4.50. The summed E-state index contributed by atoms with van der Waals surface area (Å²) in [5, 5.41) is 10.1. The number of benzene rings is 1. The van der Waals surface area contributed by atoms with Crippen LogP contribution in [0, 0.1) is 5.92 Å². The van der Waals surface area contributed by atoms with Gasteiger partial charge < -0.3 is 10.6 Å². The second kappa shape index (κ2) is 9.14. The number of amides is 2. The van der Waals surface area contributed by atoms with Crippen molar-refractivity contribution in [2.24, 2.45) is 5.92 Å². The van der Waals surface area contributed by atoms with E-state index in [9.17, 15) is 9.59 Å². The van der Waals surface area contributed by atoms with Crippen LogP contribution in [0.4, 0.5) is 0 Å². The number of carbonyl (C=O) groups excluding carboxylic acids is 2. The third kappa shape index (κ3) is 5.28. The molecule has 0 spiro atoms. The summed E-state index contributed by atoms with van der Waals surface area (Å²) >= 11 is 0. The molecule has 0 saturated heterocycles.